The second kappa shape index (κ2) is 8.30. The SMILES string of the molecule is CCCNC(c1csc(I)c1)c1ccc(CC)c(CC)c1. The van der Waals surface area contributed by atoms with E-state index in [2.05, 4.69) is 78.3 Å². The summed E-state index contributed by atoms with van der Waals surface area (Å²) in [6.07, 6.45) is 3.39. The van der Waals surface area contributed by atoms with E-state index in [-0.39, 0.29) is 0 Å². The Morgan fingerprint density at radius 2 is 1.81 bits per heavy atom. The van der Waals surface area contributed by atoms with Gasteiger partial charge in [-0.3, -0.25) is 0 Å². The Bertz CT molecular complexity index is 576. The smallest absolute Gasteiger partial charge is 0.0656 e. The van der Waals surface area contributed by atoms with E-state index in [0.717, 1.165) is 25.8 Å². The molecule has 2 aromatic rings. The number of hydrogen-bond donors (Lipinski definition) is 1. The Labute approximate surface area is 146 Å². The minimum Gasteiger partial charge on any atom is -0.306 e. The number of benzene rings is 1. The molecule has 1 N–H and O–H groups in total. The summed E-state index contributed by atoms with van der Waals surface area (Å²) in [6, 6.07) is 9.64. The zero-order chi connectivity index (χ0) is 15.2. The van der Waals surface area contributed by atoms with Crippen molar-refractivity contribution in [2.24, 2.45) is 0 Å². The Morgan fingerprint density at radius 1 is 1.05 bits per heavy atom. The van der Waals surface area contributed by atoms with E-state index in [9.17, 15) is 0 Å². The van der Waals surface area contributed by atoms with Gasteiger partial charge in [-0.1, -0.05) is 39.0 Å². The molecule has 3 heteroatoms. The molecular formula is C18H24INS. The Kier molecular flexibility index (Phi) is 6.71. The van der Waals surface area contributed by atoms with Crippen LogP contribution in [0.2, 0.25) is 0 Å². The molecule has 0 bridgehead atoms. The average Bonchev–Trinajstić information content (AvgIpc) is 2.93. The maximum absolute atomic E-state index is 3.71. The molecule has 1 nitrogen and oxygen atoms in total. The van der Waals surface area contributed by atoms with E-state index < -0.39 is 0 Å². The Hall–Kier alpha value is -0.390. The summed E-state index contributed by atoms with van der Waals surface area (Å²) >= 11 is 4.23. The van der Waals surface area contributed by atoms with E-state index in [1.54, 1.807) is 0 Å². The van der Waals surface area contributed by atoms with Gasteiger partial charge in [-0.25, -0.2) is 0 Å². The summed E-state index contributed by atoms with van der Waals surface area (Å²) in [5.74, 6) is 0. The van der Waals surface area contributed by atoms with Crippen molar-refractivity contribution in [3.8, 4) is 0 Å². The van der Waals surface area contributed by atoms with Crippen molar-refractivity contribution in [1.29, 1.82) is 0 Å². The number of rotatable bonds is 7. The van der Waals surface area contributed by atoms with Crippen LogP contribution in [0.1, 0.15) is 55.5 Å². The maximum atomic E-state index is 3.71. The largest absolute Gasteiger partial charge is 0.306 e. The predicted octanol–water partition coefficient (Wildman–Crippen LogP) is 5.57. The third-order valence-corrected chi connectivity index (χ3v) is 5.65. The fraction of sp³-hybridized carbons (Fsp3) is 0.444. The quantitative estimate of drug-likeness (QED) is 0.586. The third-order valence-electron chi connectivity index (χ3n) is 3.84. The van der Waals surface area contributed by atoms with Crippen LogP contribution >= 0.6 is 33.9 Å². The topological polar surface area (TPSA) is 12.0 Å². The van der Waals surface area contributed by atoms with Crippen molar-refractivity contribution in [3.63, 3.8) is 0 Å². The van der Waals surface area contributed by atoms with Gasteiger partial charge in [0.2, 0.25) is 0 Å². The minimum atomic E-state index is 0.320. The zero-order valence-electron chi connectivity index (χ0n) is 13.1. The molecule has 2 rings (SSSR count). The van der Waals surface area contributed by atoms with E-state index in [0.29, 0.717) is 6.04 Å². The van der Waals surface area contributed by atoms with Gasteiger partial charge in [-0.05, 0) is 82.1 Å². The highest BCUT2D eigenvalue weighted by atomic mass is 127. The molecule has 0 aliphatic rings. The van der Waals surface area contributed by atoms with Gasteiger partial charge in [-0.15, -0.1) is 11.3 Å². The fourth-order valence-electron chi connectivity index (χ4n) is 2.69. The summed E-state index contributed by atoms with van der Waals surface area (Å²) in [7, 11) is 0. The second-order valence-electron chi connectivity index (χ2n) is 5.31. The molecule has 1 atom stereocenters. The second-order valence-corrected chi connectivity index (χ2v) is 8.11. The molecule has 0 saturated carbocycles. The van der Waals surface area contributed by atoms with Gasteiger partial charge < -0.3 is 5.32 Å². The summed E-state index contributed by atoms with van der Waals surface area (Å²) in [5.41, 5.74) is 5.76. The van der Waals surface area contributed by atoms with Gasteiger partial charge in [0.15, 0.2) is 0 Å². The zero-order valence-corrected chi connectivity index (χ0v) is 16.1. The molecule has 0 radical (unpaired) electrons. The van der Waals surface area contributed by atoms with Gasteiger partial charge in [0.1, 0.15) is 0 Å². The Balaban J connectivity index is 2.36. The first-order valence-corrected chi connectivity index (χ1v) is 9.74. The molecule has 0 aliphatic heterocycles. The highest BCUT2D eigenvalue weighted by Gasteiger charge is 2.16. The van der Waals surface area contributed by atoms with Crippen molar-refractivity contribution in [1.82, 2.24) is 5.32 Å². The molecule has 0 saturated heterocycles. The van der Waals surface area contributed by atoms with Crippen molar-refractivity contribution >= 4 is 33.9 Å². The standard InChI is InChI=1S/C18H24INS/c1-4-9-20-18(16-11-17(19)21-12-16)15-8-7-13(5-2)14(6-3)10-15/h7-8,10-12,18,20H,4-6,9H2,1-3H3. The monoisotopic (exact) mass is 413 g/mol. The lowest BCUT2D eigenvalue weighted by atomic mass is 9.94. The van der Waals surface area contributed by atoms with Crippen LogP contribution in [0.5, 0.6) is 0 Å². The van der Waals surface area contributed by atoms with Gasteiger partial charge in [0.05, 0.1) is 8.93 Å². The van der Waals surface area contributed by atoms with Crippen LogP contribution in [-0.2, 0) is 12.8 Å². The predicted molar refractivity (Wildman–Crippen MR) is 102 cm³/mol. The van der Waals surface area contributed by atoms with Crippen molar-refractivity contribution < 1.29 is 0 Å². The van der Waals surface area contributed by atoms with Gasteiger partial charge in [0, 0.05) is 0 Å². The van der Waals surface area contributed by atoms with E-state index in [1.165, 1.54) is 25.1 Å². The number of halogens is 1. The summed E-state index contributed by atoms with van der Waals surface area (Å²) in [4.78, 5) is 0. The van der Waals surface area contributed by atoms with Crippen LogP contribution in [0.25, 0.3) is 0 Å². The molecule has 1 unspecified atom stereocenters. The van der Waals surface area contributed by atoms with Crippen LogP contribution in [0.3, 0.4) is 0 Å². The van der Waals surface area contributed by atoms with E-state index in [1.807, 2.05) is 11.3 Å². The minimum absolute atomic E-state index is 0.320. The van der Waals surface area contributed by atoms with Gasteiger partial charge in [0.25, 0.3) is 0 Å². The van der Waals surface area contributed by atoms with Gasteiger partial charge >= 0.3 is 0 Å². The van der Waals surface area contributed by atoms with Crippen LogP contribution < -0.4 is 5.32 Å². The van der Waals surface area contributed by atoms with Crippen LogP contribution in [0.15, 0.2) is 29.6 Å². The summed E-state index contributed by atoms with van der Waals surface area (Å²) in [6.45, 7) is 7.76. The molecule has 1 aromatic heterocycles. The molecular weight excluding hydrogens is 389 g/mol. The molecule has 0 aliphatic carbocycles. The first-order valence-electron chi connectivity index (χ1n) is 7.78. The number of aryl methyl sites for hydroxylation is 2. The molecule has 1 aromatic carbocycles. The molecule has 0 fully saturated rings. The van der Waals surface area contributed by atoms with Crippen LogP contribution in [-0.4, -0.2) is 6.54 Å². The van der Waals surface area contributed by atoms with Crippen molar-refractivity contribution in [2.75, 3.05) is 6.54 Å². The summed E-state index contributed by atoms with van der Waals surface area (Å²) < 4.78 is 1.35. The highest BCUT2D eigenvalue weighted by molar-refractivity contribution is 14.1. The summed E-state index contributed by atoms with van der Waals surface area (Å²) in [5, 5.41) is 5.99. The molecule has 1 heterocycles. The lowest BCUT2D eigenvalue weighted by molar-refractivity contribution is 0.599. The first kappa shape index (κ1) is 17.0. The molecule has 0 amide bonds. The molecule has 21 heavy (non-hydrogen) atoms. The maximum Gasteiger partial charge on any atom is 0.0656 e. The van der Waals surface area contributed by atoms with Crippen molar-refractivity contribution in [3.05, 3.63) is 54.8 Å². The molecule has 0 spiro atoms. The van der Waals surface area contributed by atoms with Crippen molar-refractivity contribution in [2.45, 2.75) is 46.1 Å². The lowest BCUT2D eigenvalue weighted by Gasteiger charge is -2.20. The average molecular weight is 413 g/mol. The van der Waals surface area contributed by atoms with Crippen LogP contribution in [0, 0.1) is 2.88 Å². The number of nitrogens with one attached hydrogen (secondary N) is 1. The van der Waals surface area contributed by atoms with E-state index >= 15 is 0 Å². The van der Waals surface area contributed by atoms with Crippen LogP contribution in [0.4, 0.5) is 0 Å². The lowest BCUT2D eigenvalue weighted by Crippen LogP contribution is -2.23. The highest BCUT2D eigenvalue weighted by Crippen LogP contribution is 2.29. The third kappa shape index (κ3) is 4.30. The Morgan fingerprint density at radius 3 is 2.38 bits per heavy atom. The number of thiophene rings is 1. The van der Waals surface area contributed by atoms with E-state index in [4.69, 9.17) is 0 Å². The normalized spacial score (nSPS) is 12.6. The van der Waals surface area contributed by atoms with Gasteiger partial charge in [-0.2, -0.15) is 0 Å². The fourth-order valence-corrected chi connectivity index (χ4v) is 4.09. The first-order chi connectivity index (χ1) is 10.2. The number of hydrogen-bond acceptors (Lipinski definition) is 2. The molecule has 114 valence electrons.